The summed E-state index contributed by atoms with van der Waals surface area (Å²) in [7, 11) is 0. The highest BCUT2D eigenvalue weighted by atomic mass is 79.9. The summed E-state index contributed by atoms with van der Waals surface area (Å²) in [5.41, 5.74) is 2.35. The number of rotatable bonds is 5. The summed E-state index contributed by atoms with van der Waals surface area (Å²) in [6, 6.07) is 7.54. The number of carbonyl (C=O) groups is 1. The van der Waals surface area contributed by atoms with Crippen LogP contribution in [0, 0.1) is 0 Å². The third-order valence-corrected chi connectivity index (χ3v) is 4.56. The van der Waals surface area contributed by atoms with Crippen molar-refractivity contribution in [1.29, 1.82) is 0 Å². The quantitative estimate of drug-likeness (QED) is 0.660. The first kappa shape index (κ1) is 15.1. The molecule has 3 aromatic rings. The SMILES string of the molecule is O=C(CSc1nnc(-c2ccccc2Br)o1)Nc1nncs1. The number of hydrogen-bond acceptors (Lipinski definition) is 8. The van der Waals surface area contributed by atoms with Crippen LogP contribution in [0.2, 0.25) is 0 Å². The van der Waals surface area contributed by atoms with E-state index in [1.54, 1.807) is 5.51 Å². The van der Waals surface area contributed by atoms with Crippen LogP contribution in [0.25, 0.3) is 11.5 Å². The number of halogens is 1. The van der Waals surface area contributed by atoms with Gasteiger partial charge in [0.2, 0.25) is 16.9 Å². The number of thioether (sulfide) groups is 1. The van der Waals surface area contributed by atoms with Gasteiger partial charge in [-0.1, -0.05) is 35.2 Å². The van der Waals surface area contributed by atoms with Crippen LogP contribution < -0.4 is 5.32 Å². The predicted octanol–water partition coefficient (Wildman–Crippen LogP) is 3.08. The monoisotopic (exact) mass is 397 g/mol. The maximum absolute atomic E-state index is 11.7. The first-order valence-electron chi connectivity index (χ1n) is 5.99. The van der Waals surface area contributed by atoms with E-state index < -0.39 is 0 Å². The Balaban J connectivity index is 1.60. The summed E-state index contributed by atoms with van der Waals surface area (Å²) in [6.07, 6.45) is 0. The van der Waals surface area contributed by atoms with E-state index in [9.17, 15) is 4.79 Å². The second kappa shape index (κ2) is 6.99. The van der Waals surface area contributed by atoms with Crippen molar-refractivity contribution in [3.63, 3.8) is 0 Å². The zero-order valence-electron chi connectivity index (χ0n) is 10.9. The van der Waals surface area contributed by atoms with E-state index in [2.05, 4.69) is 41.6 Å². The van der Waals surface area contributed by atoms with Crippen molar-refractivity contribution in [2.24, 2.45) is 0 Å². The largest absolute Gasteiger partial charge is 0.411 e. The van der Waals surface area contributed by atoms with Crippen LogP contribution in [0.15, 0.2) is 43.9 Å². The first-order valence-corrected chi connectivity index (χ1v) is 8.65. The molecule has 1 amide bonds. The molecule has 10 heteroatoms. The van der Waals surface area contributed by atoms with Gasteiger partial charge in [-0.2, -0.15) is 0 Å². The minimum atomic E-state index is -0.206. The lowest BCUT2D eigenvalue weighted by atomic mass is 10.2. The van der Waals surface area contributed by atoms with Crippen LogP contribution in [-0.4, -0.2) is 32.1 Å². The lowest BCUT2D eigenvalue weighted by molar-refractivity contribution is -0.113. The van der Waals surface area contributed by atoms with E-state index in [1.165, 1.54) is 11.3 Å². The van der Waals surface area contributed by atoms with Crippen LogP contribution in [0.3, 0.4) is 0 Å². The van der Waals surface area contributed by atoms with Gasteiger partial charge in [0.05, 0.1) is 11.3 Å². The summed E-state index contributed by atoms with van der Waals surface area (Å²) in [5.74, 6) is 0.346. The van der Waals surface area contributed by atoms with Crippen LogP contribution in [0.4, 0.5) is 5.13 Å². The zero-order chi connectivity index (χ0) is 15.4. The molecule has 0 unspecified atom stereocenters. The van der Waals surface area contributed by atoms with E-state index in [-0.39, 0.29) is 11.7 Å². The molecule has 3 rings (SSSR count). The maximum Gasteiger partial charge on any atom is 0.277 e. The van der Waals surface area contributed by atoms with Gasteiger partial charge in [0.25, 0.3) is 5.22 Å². The van der Waals surface area contributed by atoms with Gasteiger partial charge in [0.15, 0.2) is 0 Å². The molecular weight excluding hydrogens is 390 g/mol. The van der Waals surface area contributed by atoms with E-state index in [0.29, 0.717) is 16.2 Å². The Morgan fingerprint density at radius 1 is 1.32 bits per heavy atom. The average Bonchev–Trinajstić information content (AvgIpc) is 3.17. The first-order chi connectivity index (χ1) is 10.7. The van der Waals surface area contributed by atoms with Gasteiger partial charge >= 0.3 is 0 Å². The summed E-state index contributed by atoms with van der Waals surface area (Å²) in [5, 5.41) is 18.7. The van der Waals surface area contributed by atoms with Gasteiger partial charge in [-0.25, -0.2) is 0 Å². The number of aromatic nitrogens is 4. The molecule has 2 heterocycles. The third kappa shape index (κ3) is 3.70. The van der Waals surface area contributed by atoms with Crippen LogP contribution in [0.1, 0.15) is 0 Å². The Labute approximate surface area is 141 Å². The topological polar surface area (TPSA) is 93.8 Å². The number of amides is 1. The molecule has 22 heavy (non-hydrogen) atoms. The molecule has 0 saturated carbocycles. The summed E-state index contributed by atoms with van der Waals surface area (Å²) in [4.78, 5) is 11.7. The van der Waals surface area contributed by atoms with Crippen molar-refractivity contribution < 1.29 is 9.21 Å². The van der Waals surface area contributed by atoms with Gasteiger partial charge < -0.3 is 4.42 Å². The zero-order valence-corrected chi connectivity index (χ0v) is 14.1. The summed E-state index contributed by atoms with van der Waals surface area (Å²) < 4.78 is 6.41. The number of nitrogens with one attached hydrogen (secondary N) is 1. The molecule has 0 spiro atoms. The molecule has 7 nitrogen and oxygen atoms in total. The molecule has 0 aliphatic heterocycles. The molecule has 0 atom stereocenters. The standard InChI is InChI=1S/C12H8BrN5O2S2/c13-8-4-2-1-3-7(8)10-16-18-12(20-10)21-5-9(19)15-11-17-14-6-22-11/h1-4,6H,5H2,(H,15,17,19). The fraction of sp³-hybridized carbons (Fsp3) is 0.0833. The Morgan fingerprint density at radius 2 is 2.18 bits per heavy atom. The Morgan fingerprint density at radius 3 is 2.95 bits per heavy atom. The molecule has 0 fully saturated rings. The molecular formula is C12H8BrN5O2S2. The smallest absolute Gasteiger partial charge is 0.277 e. The van der Waals surface area contributed by atoms with Crippen LogP contribution >= 0.6 is 39.0 Å². The average molecular weight is 398 g/mol. The molecule has 0 aliphatic rings. The van der Waals surface area contributed by atoms with Crippen molar-refractivity contribution in [1.82, 2.24) is 20.4 Å². The minimum absolute atomic E-state index is 0.150. The maximum atomic E-state index is 11.7. The highest BCUT2D eigenvalue weighted by Crippen LogP contribution is 2.28. The van der Waals surface area contributed by atoms with Crippen molar-refractivity contribution >= 4 is 50.1 Å². The Bertz CT molecular complexity index is 777. The van der Waals surface area contributed by atoms with E-state index in [0.717, 1.165) is 21.8 Å². The highest BCUT2D eigenvalue weighted by Gasteiger charge is 2.13. The van der Waals surface area contributed by atoms with E-state index in [4.69, 9.17) is 4.42 Å². The Hall–Kier alpha value is -1.78. The van der Waals surface area contributed by atoms with Gasteiger partial charge in [-0.05, 0) is 28.1 Å². The molecule has 2 aromatic heterocycles. The van der Waals surface area contributed by atoms with Gasteiger partial charge in [-0.15, -0.1) is 20.4 Å². The molecule has 0 aliphatic carbocycles. The normalized spacial score (nSPS) is 10.6. The molecule has 0 radical (unpaired) electrons. The second-order valence-electron chi connectivity index (χ2n) is 3.93. The number of hydrogen-bond donors (Lipinski definition) is 1. The molecule has 1 N–H and O–H groups in total. The predicted molar refractivity (Wildman–Crippen MR) is 86.7 cm³/mol. The summed E-state index contributed by atoms with van der Waals surface area (Å²) >= 11 is 5.84. The molecule has 1 aromatic carbocycles. The number of carbonyl (C=O) groups excluding carboxylic acids is 1. The van der Waals surface area contributed by atoms with Gasteiger partial charge in [0, 0.05) is 4.47 Å². The molecule has 112 valence electrons. The van der Waals surface area contributed by atoms with Crippen molar-refractivity contribution in [3.05, 3.63) is 34.2 Å². The number of benzene rings is 1. The number of anilines is 1. The fourth-order valence-corrected chi connectivity index (χ4v) is 3.00. The number of nitrogens with zero attached hydrogens (tertiary/aromatic N) is 4. The third-order valence-electron chi connectivity index (χ3n) is 2.44. The van der Waals surface area contributed by atoms with Crippen molar-refractivity contribution in [2.75, 3.05) is 11.1 Å². The lowest BCUT2D eigenvalue weighted by Gasteiger charge is -1.98. The van der Waals surface area contributed by atoms with Crippen molar-refractivity contribution in [3.8, 4) is 11.5 Å². The second-order valence-corrected chi connectivity index (χ2v) is 6.55. The van der Waals surface area contributed by atoms with Crippen LogP contribution in [-0.2, 0) is 4.79 Å². The fourth-order valence-electron chi connectivity index (χ4n) is 1.52. The van der Waals surface area contributed by atoms with Gasteiger partial charge in [0.1, 0.15) is 5.51 Å². The Kier molecular flexibility index (Phi) is 4.80. The molecule has 0 saturated heterocycles. The minimum Gasteiger partial charge on any atom is -0.411 e. The van der Waals surface area contributed by atoms with E-state index in [1.807, 2.05) is 24.3 Å². The van der Waals surface area contributed by atoms with E-state index >= 15 is 0 Å². The van der Waals surface area contributed by atoms with Gasteiger partial charge in [-0.3, -0.25) is 10.1 Å². The molecule has 0 bridgehead atoms. The van der Waals surface area contributed by atoms with Crippen molar-refractivity contribution in [2.45, 2.75) is 5.22 Å². The lowest BCUT2D eigenvalue weighted by Crippen LogP contribution is -2.13. The highest BCUT2D eigenvalue weighted by molar-refractivity contribution is 9.10. The van der Waals surface area contributed by atoms with Crippen LogP contribution in [0.5, 0.6) is 0 Å². The summed E-state index contributed by atoms with van der Waals surface area (Å²) in [6.45, 7) is 0.